The number of carbonyl (C=O) groups is 1. The van der Waals surface area contributed by atoms with Gasteiger partial charge in [0.2, 0.25) is 11.1 Å². The van der Waals surface area contributed by atoms with Crippen LogP contribution in [-0.2, 0) is 10.3 Å². The molecule has 0 unspecified atom stereocenters. The third-order valence-electron chi connectivity index (χ3n) is 2.52. The molecule has 1 heterocycles. The Bertz CT molecular complexity index is 394. The maximum absolute atomic E-state index is 11.9. The molecule has 0 atom stereocenters. The second kappa shape index (κ2) is 6.17. The van der Waals surface area contributed by atoms with Crippen molar-refractivity contribution in [2.45, 2.75) is 45.3 Å². The average molecular weight is 271 g/mol. The van der Waals surface area contributed by atoms with E-state index in [-0.39, 0.29) is 11.4 Å². The van der Waals surface area contributed by atoms with Crippen molar-refractivity contribution in [3.63, 3.8) is 0 Å². The third kappa shape index (κ3) is 3.69. The minimum Gasteiger partial charge on any atom is -0.343 e. The van der Waals surface area contributed by atoms with Gasteiger partial charge in [-0.3, -0.25) is 4.79 Å². The van der Waals surface area contributed by atoms with Gasteiger partial charge in [-0.15, -0.1) is 5.10 Å². The highest BCUT2D eigenvalue weighted by atomic mass is 32.2. The van der Waals surface area contributed by atoms with E-state index in [1.165, 1.54) is 11.8 Å². The average Bonchev–Trinajstić information content (AvgIpc) is 2.75. The van der Waals surface area contributed by atoms with Crippen molar-refractivity contribution in [3.8, 4) is 0 Å². The number of aromatic nitrogens is 4. The SMILES string of the molecule is CCN(CC)C(=O)CSc1nnnn1C(C)(C)C. The van der Waals surface area contributed by atoms with Crippen molar-refractivity contribution in [1.29, 1.82) is 0 Å². The number of hydrogen-bond donors (Lipinski definition) is 0. The number of thioether (sulfide) groups is 1. The largest absolute Gasteiger partial charge is 0.343 e. The summed E-state index contributed by atoms with van der Waals surface area (Å²) in [5.74, 6) is 0.492. The maximum atomic E-state index is 11.9. The summed E-state index contributed by atoms with van der Waals surface area (Å²) in [5, 5.41) is 12.3. The van der Waals surface area contributed by atoms with Crippen LogP contribution in [0.5, 0.6) is 0 Å². The summed E-state index contributed by atoms with van der Waals surface area (Å²) >= 11 is 1.38. The third-order valence-corrected chi connectivity index (χ3v) is 3.42. The van der Waals surface area contributed by atoms with E-state index in [0.29, 0.717) is 10.9 Å². The van der Waals surface area contributed by atoms with Crippen LogP contribution in [0, 0.1) is 0 Å². The molecule has 0 aliphatic heterocycles. The second-order valence-electron chi connectivity index (χ2n) is 4.90. The zero-order valence-corrected chi connectivity index (χ0v) is 12.5. The Morgan fingerprint density at radius 1 is 1.33 bits per heavy atom. The van der Waals surface area contributed by atoms with E-state index in [4.69, 9.17) is 0 Å². The summed E-state index contributed by atoms with van der Waals surface area (Å²) in [5.41, 5.74) is -0.177. The van der Waals surface area contributed by atoms with Crippen molar-refractivity contribution in [1.82, 2.24) is 25.1 Å². The van der Waals surface area contributed by atoms with Gasteiger partial charge in [-0.2, -0.15) is 0 Å². The van der Waals surface area contributed by atoms with Crippen molar-refractivity contribution >= 4 is 17.7 Å². The first kappa shape index (κ1) is 14.9. The minimum absolute atomic E-state index is 0.119. The quantitative estimate of drug-likeness (QED) is 0.757. The second-order valence-corrected chi connectivity index (χ2v) is 5.84. The molecule has 1 aromatic rings. The fourth-order valence-electron chi connectivity index (χ4n) is 1.48. The van der Waals surface area contributed by atoms with Crippen molar-refractivity contribution in [2.24, 2.45) is 0 Å². The minimum atomic E-state index is -0.177. The van der Waals surface area contributed by atoms with Crippen LogP contribution in [-0.4, -0.2) is 49.9 Å². The molecular weight excluding hydrogens is 250 g/mol. The van der Waals surface area contributed by atoms with Gasteiger partial charge >= 0.3 is 0 Å². The molecule has 0 aliphatic carbocycles. The molecule has 102 valence electrons. The number of hydrogen-bond acceptors (Lipinski definition) is 5. The van der Waals surface area contributed by atoms with E-state index < -0.39 is 0 Å². The molecule has 0 saturated carbocycles. The summed E-state index contributed by atoms with van der Waals surface area (Å²) < 4.78 is 1.74. The van der Waals surface area contributed by atoms with Crippen LogP contribution in [0.2, 0.25) is 0 Å². The Kier molecular flexibility index (Phi) is 5.13. The van der Waals surface area contributed by atoms with Crippen molar-refractivity contribution in [2.75, 3.05) is 18.8 Å². The molecule has 1 amide bonds. The van der Waals surface area contributed by atoms with E-state index in [1.54, 1.807) is 9.58 Å². The van der Waals surface area contributed by atoms with Gasteiger partial charge in [0.15, 0.2) is 0 Å². The summed E-state index contributed by atoms with van der Waals surface area (Å²) in [4.78, 5) is 13.7. The van der Waals surface area contributed by atoms with Gasteiger partial charge in [0, 0.05) is 13.1 Å². The highest BCUT2D eigenvalue weighted by Gasteiger charge is 2.21. The molecule has 7 heteroatoms. The molecule has 1 aromatic heterocycles. The Morgan fingerprint density at radius 3 is 2.44 bits per heavy atom. The van der Waals surface area contributed by atoms with E-state index in [2.05, 4.69) is 15.5 Å². The molecule has 18 heavy (non-hydrogen) atoms. The van der Waals surface area contributed by atoms with Gasteiger partial charge in [0.25, 0.3) is 0 Å². The normalized spacial score (nSPS) is 11.6. The first-order valence-corrected chi connectivity index (χ1v) is 7.08. The molecule has 6 nitrogen and oxygen atoms in total. The maximum Gasteiger partial charge on any atom is 0.233 e. The highest BCUT2D eigenvalue weighted by Crippen LogP contribution is 2.21. The lowest BCUT2D eigenvalue weighted by atomic mass is 10.1. The summed E-state index contributed by atoms with van der Waals surface area (Å²) in [7, 11) is 0. The van der Waals surface area contributed by atoms with Gasteiger partial charge in [-0.05, 0) is 45.0 Å². The molecule has 0 N–H and O–H groups in total. The molecule has 0 aromatic carbocycles. The van der Waals surface area contributed by atoms with Crippen molar-refractivity contribution in [3.05, 3.63) is 0 Å². The molecule has 0 spiro atoms. The van der Waals surface area contributed by atoms with Gasteiger partial charge in [-0.25, -0.2) is 4.68 Å². The van der Waals surface area contributed by atoms with E-state index in [0.717, 1.165) is 13.1 Å². The summed E-state index contributed by atoms with van der Waals surface area (Å²) in [6.07, 6.45) is 0. The van der Waals surface area contributed by atoms with Crippen LogP contribution < -0.4 is 0 Å². The van der Waals surface area contributed by atoms with Crippen LogP contribution in [0.3, 0.4) is 0 Å². The lowest BCUT2D eigenvalue weighted by Crippen LogP contribution is -2.32. The predicted molar refractivity (Wildman–Crippen MR) is 71.5 cm³/mol. The van der Waals surface area contributed by atoms with Gasteiger partial charge < -0.3 is 4.90 Å². The van der Waals surface area contributed by atoms with Gasteiger partial charge in [0.05, 0.1) is 11.3 Å². The molecule has 0 saturated heterocycles. The standard InChI is InChI=1S/C11H21N5OS/c1-6-15(7-2)9(17)8-18-10-12-13-14-16(10)11(3,4)5/h6-8H2,1-5H3. The first-order chi connectivity index (χ1) is 8.40. The van der Waals surface area contributed by atoms with Crippen LogP contribution in [0.4, 0.5) is 0 Å². The Labute approximate surface area is 112 Å². The van der Waals surface area contributed by atoms with Gasteiger partial charge in [0.1, 0.15) is 0 Å². The van der Waals surface area contributed by atoms with Crippen LogP contribution in [0.25, 0.3) is 0 Å². The fraction of sp³-hybridized carbons (Fsp3) is 0.818. The number of nitrogens with zero attached hydrogens (tertiary/aromatic N) is 5. The molecule has 0 bridgehead atoms. The zero-order valence-electron chi connectivity index (χ0n) is 11.7. The monoisotopic (exact) mass is 271 g/mol. The Morgan fingerprint density at radius 2 is 1.94 bits per heavy atom. The summed E-state index contributed by atoms with van der Waals surface area (Å²) in [6, 6.07) is 0. The number of rotatable bonds is 5. The lowest BCUT2D eigenvalue weighted by molar-refractivity contribution is -0.127. The summed E-state index contributed by atoms with van der Waals surface area (Å²) in [6.45, 7) is 11.5. The number of carbonyl (C=O) groups excluding carboxylic acids is 1. The van der Waals surface area contributed by atoms with E-state index in [1.807, 2.05) is 34.6 Å². The molecule has 1 rings (SSSR count). The molecule has 0 radical (unpaired) electrons. The zero-order chi connectivity index (χ0) is 13.8. The van der Waals surface area contributed by atoms with Crippen molar-refractivity contribution < 1.29 is 4.79 Å². The Balaban J connectivity index is 2.65. The van der Waals surface area contributed by atoms with Gasteiger partial charge in [-0.1, -0.05) is 11.8 Å². The molecule has 0 fully saturated rings. The molecular formula is C11H21N5OS. The van der Waals surface area contributed by atoms with E-state index >= 15 is 0 Å². The molecule has 0 aliphatic rings. The highest BCUT2D eigenvalue weighted by molar-refractivity contribution is 7.99. The topological polar surface area (TPSA) is 63.9 Å². The first-order valence-electron chi connectivity index (χ1n) is 6.09. The van der Waals surface area contributed by atoms with E-state index in [9.17, 15) is 4.79 Å². The predicted octanol–water partition coefficient (Wildman–Crippen LogP) is 1.39. The Hall–Kier alpha value is -1.11. The van der Waals surface area contributed by atoms with Crippen LogP contribution >= 0.6 is 11.8 Å². The number of tetrazole rings is 1. The number of amides is 1. The lowest BCUT2D eigenvalue weighted by Gasteiger charge is -2.20. The fourth-order valence-corrected chi connectivity index (χ4v) is 2.45. The van der Waals surface area contributed by atoms with Crippen LogP contribution in [0.1, 0.15) is 34.6 Å². The van der Waals surface area contributed by atoms with Crippen LogP contribution in [0.15, 0.2) is 5.16 Å². The smallest absolute Gasteiger partial charge is 0.233 e.